The van der Waals surface area contributed by atoms with Crippen LogP contribution in [0.15, 0.2) is 9.98 Å². The van der Waals surface area contributed by atoms with Crippen LogP contribution in [0.1, 0.15) is 20.8 Å². The van der Waals surface area contributed by atoms with Crippen LogP contribution in [0.25, 0.3) is 0 Å². The highest BCUT2D eigenvalue weighted by Gasteiger charge is 2.25. The lowest BCUT2D eigenvalue weighted by Crippen LogP contribution is -2.33. The van der Waals surface area contributed by atoms with Crippen molar-refractivity contribution in [3.8, 4) is 0 Å². The van der Waals surface area contributed by atoms with Gasteiger partial charge < -0.3 is 4.74 Å². The van der Waals surface area contributed by atoms with Gasteiger partial charge in [-0.15, -0.1) is 0 Å². The summed E-state index contributed by atoms with van der Waals surface area (Å²) in [6, 6.07) is -0.227. The number of hydrogen-bond acceptors (Lipinski definition) is 4. The number of hydrogen-bond donors (Lipinski definition) is 0. The topological polar surface area (TPSA) is 43.2 Å². The van der Waals surface area contributed by atoms with Gasteiger partial charge in [-0.2, -0.15) is 0 Å². The highest BCUT2D eigenvalue weighted by Crippen LogP contribution is 2.14. The second kappa shape index (κ2) is 4.93. The van der Waals surface area contributed by atoms with Crippen molar-refractivity contribution >= 4 is 11.8 Å². The fraction of sp³-hybridized carbons (Fsp3) is 0.778. The second-order valence-corrected chi connectivity index (χ2v) is 3.38. The van der Waals surface area contributed by atoms with E-state index in [1.54, 1.807) is 0 Å². The van der Waals surface area contributed by atoms with Gasteiger partial charge in [0, 0.05) is 4.53 Å². The molecule has 0 saturated carbocycles. The number of halogens is 1. The third kappa shape index (κ3) is 2.43. The van der Waals surface area contributed by atoms with E-state index < -0.39 is 0 Å². The Labute approximate surface area is 82.7 Å². The standard InChI is InChI=1S/C9H15FN2O2/c1-4-13-9-8(6(2)3)12-7(14-10)5-11-9/h6,8H,4-5H2,1-3H3. The number of rotatable bonds is 2. The maximum atomic E-state index is 11.9. The molecule has 1 aliphatic heterocycles. The van der Waals surface area contributed by atoms with Gasteiger partial charge in [0.2, 0.25) is 5.90 Å². The molecule has 4 nitrogen and oxygen atoms in total. The van der Waals surface area contributed by atoms with E-state index in [0.29, 0.717) is 12.5 Å². The Morgan fingerprint density at radius 1 is 1.57 bits per heavy atom. The predicted octanol–water partition coefficient (Wildman–Crippen LogP) is 1.76. The lowest BCUT2D eigenvalue weighted by Gasteiger charge is -2.22. The molecule has 14 heavy (non-hydrogen) atoms. The lowest BCUT2D eigenvalue weighted by atomic mass is 10.0. The third-order valence-corrected chi connectivity index (χ3v) is 1.92. The van der Waals surface area contributed by atoms with Crippen molar-refractivity contribution in [2.75, 3.05) is 13.2 Å². The molecule has 0 radical (unpaired) electrons. The molecule has 0 saturated heterocycles. The molecule has 1 atom stereocenters. The van der Waals surface area contributed by atoms with Gasteiger partial charge in [-0.05, 0) is 12.8 Å². The molecule has 1 heterocycles. The normalized spacial score (nSPS) is 21.6. The molecular weight excluding hydrogens is 187 g/mol. The summed E-state index contributed by atoms with van der Waals surface area (Å²) in [5, 5.41) is 0. The molecule has 1 unspecified atom stereocenters. The number of aliphatic imine (C=N–C) groups is 2. The quantitative estimate of drug-likeness (QED) is 0.684. The molecule has 0 amide bonds. The van der Waals surface area contributed by atoms with Crippen LogP contribution in [-0.2, 0) is 9.68 Å². The SMILES string of the molecule is CCOC1=NCC(OF)=NC1C(C)C. The Bertz CT molecular complexity index is 251. The van der Waals surface area contributed by atoms with E-state index in [1.165, 1.54) is 0 Å². The summed E-state index contributed by atoms with van der Waals surface area (Å²) in [7, 11) is 0. The van der Waals surface area contributed by atoms with Crippen molar-refractivity contribution in [2.24, 2.45) is 15.9 Å². The van der Waals surface area contributed by atoms with E-state index in [1.807, 2.05) is 20.8 Å². The summed E-state index contributed by atoms with van der Waals surface area (Å²) >= 11 is 0. The molecule has 80 valence electrons. The maximum Gasteiger partial charge on any atom is 0.256 e. The van der Waals surface area contributed by atoms with Crippen molar-refractivity contribution < 1.29 is 14.2 Å². The lowest BCUT2D eigenvalue weighted by molar-refractivity contribution is -0.0267. The fourth-order valence-electron chi connectivity index (χ4n) is 1.25. The Kier molecular flexibility index (Phi) is 3.85. The van der Waals surface area contributed by atoms with Crippen LogP contribution in [-0.4, -0.2) is 31.0 Å². The molecule has 0 spiro atoms. The van der Waals surface area contributed by atoms with Crippen LogP contribution in [0.3, 0.4) is 0 Å². The van der Waals surface area contributed by atoms with E-state index >= 15 is 0 Å². The van der Waals surface area contributed by atoms with Crippen LogP contribution < -0.4 is 0 Å². The number of ether oxygens (including phenoxy) is 1. The van der Waals surface area contributed by atoms with Gasteiger partial charge >= 0.3 is 0 Å². The molecule has 5 heteroatoms. The summed E-state index contributed by atoms with van der Waals surface area (Å²) in [5.74, 6) is 0.807. The first-order valence-corrected chi connectivity index (χ1v) is 4.71. The summed E-state index contributed by atoms with van der Waals surface area (Å²) in [6.07, 6.45) is 0. The van der Waals surface area contributed by atoms with E-state index in [0.717, 1.165) is 0 Å². The second-order valence-electron chi connectivity index (χ2n) is 3.38. The van der Waals surface area contributed by atoms with E-state index in [9.17, 15) is 4.53 Å². The largest absolute Gasteiger partial charge is 0.480 e. The summed E-state index contributed by atoms with van der Waals surface area (Å²) in [5.41, 5.74) is 0. The molecule has 0 fully saturated rings. The molecular formula is C9H15FN2O2. The molecule has 1 rings (SSSR count). The highest BCUT2D eigenvalue weighted by atomic mass is 19.3. The van der Waals surface area contributed by atoms with Gasteiger partial charge in [0.05, 0.1) is 6.61 Å². The average molecular weight is 202 g/mol. The van der Waals surface area contributed by atoms with Crippen molar-refractivity contribution in [1.82, 2.24) is 0 Å². The van der Waals surface area contributed by atoms with E-state index in [-0.39, 0.29) is 24.4 Å². The van der Waals surface area contributed by atoms with E-state index in [4.69, 9.17) is 4.74 Å². The third-order valence-electron chi connectivity index (χ3n) is 1.92. The minimum absolute atomic E-state index is 0.0205. The molecule has 1 aliphatic rings. The first-order chi connectivity index (χ1) is 6.69. The van der Waals surface area contributed by atoms with Crippen LogP contribution in [0.4, 0.5) is 4.53 Å². The van der Waals surface area contributed by atoms with Gasteiger partial charge in [-0.3, -0.25) is 4.94 Å². The Morgan fingerprint density at radius 3 is 2.79 bits per heavy atom. The van der Waals surface area contributed by atoms with Crippen molar-refractivity contribution in [2.45, 2.75) is 26.8 Å². The Morgan fingerprint density at radius 2 is 2.29 bits per heavy atom. The minimum Gasteiger partial charge on any atom is -0.480 e. The Balaban J connectivity index is 2.74. The van der Waals surface area contributed by atoms with E-state index in [2.05, 4.69) is 14.9 Å². The summed E-state index contributed by atoms with van der Waals surface area (Å²) in [4.78, 5) is 11.7. The molecule has 0 N–H and O–H groups in total. The van der Waals surface area contributed by atoms with Gasteiger partial charge in [0.1, 0.15) is 12.6 Å². The zero-order valence-corrected chi connectivity index (χ0v) is 8.66. The minimum atomic E-state index is -0.227. The molecule has 0 aromatic heterocycles. The highest BCUT2D eigenvalue weighted by molar-refractivity contribution is 5.91. The molecule has 0 aliphatic carbocycles. The van der Waals surface area contributed by atoms with Crippen LogP contribution in [0.2, 0.25) is 0 Å². The van der Waals surface area contributed by atoms with Crippen molar-refractivity contribution in [3.63, 3.8) is 0 Å². The maximum absolute atomic E-state index is 11.9. The zero-order chi connectivity index (χ0) is 10.6. The fourth-order valence-corrected chi connectivity index (χ4v) is 1.25. The number of nitrogens with zero attached hydrogens (tertiary/aromatic N) is 2. The monoisotopic (exact) mass is 202 g/mol. The summed E-state index contributed by atoms with van der Waals surface area (Å²) < 4.78 is 17.2. The predicted molar refractivity (Wildman–Crippen MR) is 52.2 cm³/mol. The average Bonchev–Trinajstić information content (AvgIpc) is 2.18. The Hall–Kier alpha value is -1.13. The van der Waals surface area contributed by atoms with Gasteiger partial charge in [-0.25, -0.2) is 9.98 Å². The zero-order valence-electron chi connectivity index (χ0n) is 8.66. The van der Waals surface area contributed by atoms with Crippen LogP contribution in [0, 0.1) is 5.92 Å². The van der Waals surface area contributed by atoms with Crippen LogP contribution >= 0.6 is 0 Å². The molecule has 0 aromatic carbocycles. The first kappa shape index (κ1) is 10.9. The molecule has 0 bridgehead atoms. The smallest absolute Gasteiger partial charge is 0.256 e. The molecule has 0 aromatic rings. The van der Waals surface area contributed by atoms with Gasteiger partial charge in [-0.1, -0.05) is 13.8 Å². The van der Waals surface area contributed by atoms with Gasteiger partial charge in [0.15, 0.2) is 0 Å². The van der Waals surface area contributed by atoms with Crippen LogP contribution in [0.5, 0.6) is 0 Å². The van der Waals surface area contributed by atoms with Crippen molar-refractivity contribution in [3.05, 3.63) is 0 Å². The summed E-state index contributed by atoms with van der Waals surface area (Å²) in [6.45, 7) is 6.50. The first-order valence-electron chi connectivity index (χ1n) is 4.71. The van der Waals surface area contributed by atoms with Gasteiger partial charge in [0.25, 0.3) is 5.90 Å². The van der Waals surface area contributed by atoms with Crippen molar-refractivity contribution in [1.29, 1.82) is 0 Å².